The first-order valence-corrected chi connectivity index (χ1v) is 10.6. The minimum Gasteiger partial charge on any atom is -0.465 e. The van der Waals surface area contributed by atoms with Crippen LogP contribution in [0.15, 0.2) is 72.4 Å². The van der Waals surface area contributed by atoms with E-state index in [1.165, 1.54) is 16.7 Å². The maximum Gasteiger partial charge on any atom is 0.313 e. The number of fused-ring (bicyclic) bond motifs is 1. The van der Waals surface area contributed by atoms with Crippen LogP contribution in [-0.2, 0) is 16.0 Å². The molecule has 1 saturated heterocycles. The Hall–Kier alpha value is -2.55. The van der Waals surface area contributed by atoms with Gasteiger partial charge in [0.25, 0.3) is 0 Å². The molecule has 2 atom stereocenters. The zero-order valence-electron chi connectivity index (χ0n) is 18.4. The highest BCUT2D eigenvalue weighted by Crippen LogP contribution is 2.52. The minimum atomic E-state index is -0.394. The number of hydrogen-bond acceptors (Lipinski definition) is 3. The number of allylic oxidation sites excluding steroid dienone is 4. The first-order valence-electron chi connectivity index (χ1n) is 10.6. The van der Waals surface area contributed by atoms with Gasteiger partial charge < -0.3 is 10.1 Å². The molecule has 0 bridgehead atoms. The Bertz CT molecular complexity index is 797. The van der Waals surface area contributed by atoms with Crippen LogP contribution in [0.4, 0.5) is 5.69 Å². The summed E-state index contributed by atoms with van der Waals surface area (Å²) in [5.74, 6) is 0.235. The van der Waals surface area contributed by atoms with Gasteiger partial charge in [0.05, 0.1) is 12.0 Å². The summed E-state index contributed by atoms with van der Waals surface area (Å²) in [5, 5.41) is 3.43. The highest BCUT2D eigenvalue weighted by atomic mass is 16.5. The molecular formula is C26H35NO2. The van der Waals surface area contributed by atoms with E-state index in [-0.39, 0.29) is 11.9 Å². The Labute approximate surface area is 176 Å². The molecule has 1 aromatic rings. The molecule has 0 amide bonds. The van der Waals surface area contributed by atoms with Crippen LogP contribution in [0.3, 0.4) is 0 Å². The van der Waals surface area contributed by atoms with Gasteiger partial charge in [-0.3, -0.25) is 4.79 Å². The molecule has 3 heteroatoms. The molecule has 156 valence electrons. The predicted octanol–water partition coefficient (Wildman–Crippen LogP) is 6.26. The standard InChI is InChI=1S/C24H29NO2.C2H6/c1-5-19(7-6-17(2)3)15-25-22-10-8-20(9-11-22)14-24-13-18(4)12-21(24)16-27-23(24)26;1-2/h5-11,21,25H,1,4,12-16H2,2-3H3;1-2H3/b19-7+;. The minimum absolute atomic E-state index is 0.0478. The molecule has 1 N–H and O–H groups in total. The summed E-state index contributed by atoms with van der Waals surface area (Å²) in [6, 6.07) is 8.36. The molecule has 3 nitrogen and oxygen atoms in total. The number of anilines is 1. The predicted molar refractivity (Wildman–Crippen MR) is 123 cm³/mol. The van der Waals surface area contributed by atoms with Crippen molar-refractivity contribution in [3.8, 4) is 0 Å². The summed E-state index contributed by atoms with van der Waals surface area (Å²) in [4.78, 5) is 12.4. The lowest BCUT2D eigenvalue weighted by Gasteiger charge is -2.24. The zero-order chi connectivity index (χ0) is 21.4. The SMILES string of the molecule is C=C/C(=C\C=C(C)C)CNc1ccc(CC23CC(=C)CC2COC3=O)cc1.CC. The number of rotatable bonds is 7. The second kappa shape index (κ2) is 10.3. The zero-order valence-corrected chi connectivity index (χ0v) is 18.4. The number of carbonyl (C=O) groups excluding carboxylic acids is 1. The lowest BCUT2D eigenvalue weighted by Crippen LogP contribution is -2.31. The first-order chi connectivity index (χ1) is 13.9. The number of nitrogens with one attached hydrogen (secondary N) is 1. The van der Waals surface area contributed by atoms with Crippen molar-refractivity contribution in [2.45, 2.75) is 47.0 Å². The van der Waals surface area contributed by atoms with Crippen LogP contribution in [0.5, 0.6) is 0 Å². The highest BCUT2D eigenvalue weighted by molar-refractivity contribution is 5.81. The highest BCUT2D eigenvalue weighted by Gasteiger charge is 2.55. The maximum atomic E-state index is 12.4. The summed E-state index contributed by atoms with van der Waals surface area (Å²) in [7, 11) is 0. The van der Waals surface area contributed by atoms with Gasteiger partial charge >= 0.3 is 5.97 Å². The van der Waals surface area contributed by atoms with Gasteiger partial charge in [-0.2, -0.15) is 0 Å². The fourth-order valence-corrected chi connectivity index (χ4v) is 4.04. The van der Waals surface area contributed by atoms with Gasteiger partial charge in [-0.25, -0.2) is 0 Å². The number of cyclic esters (lactones) is 1. The van der Waals surface area contributed by atoms with E-state index in [1.54, 1.807) is 0 Å². The van der Waals surface area contributed by atoms with E-state index in [2.05, 4.69) is 68.7 Å². The van der Waals surface area contributed by atoms with Gasteiger partial charge in [-0.1, -0.05) is 68.5 Å². The Balaban J connectivity index is 0.00000145. The van der Waals surface area contributed by atoms with Crippen molar-refractivity contribution in [1.29, 1.82) is 0 Å². The first kappa shape index (κ1) is 22.7. The summed E-state index contributed by atoms with van der Waals surface area (Å²) in [6.45, 7) is 17.4. The lowest BCUT2D eigenvalue weighted by atomic mass is 9.75. The average Bonchev–Trinajstić information content (AvgIpc) is 3.18. The van der Waals surface area contributed by atoms with Crippen LogP contribution in [-0.4, -0.2) is 19.1 Å². The quantitative estimate of drug-likeness (QED) is 0.338. The normalized spacial score (nSPS) is 22.9. The smallest absolute Gasteiger partial charge is 0.313 e. The Morgan fingerprint density at radius 2 is 1.93 bits per heavy atom. The van der Waals surface area contributed by atoms with Crippen molar-refractivity contribution in [2.75, 3.05) is 18.5 Å². The molecule has 0 aromatic heterocycles. The number of benzene rings is 1. The fourth-order valence-electron chi connectivity index (χ4n) is 4.04. The van der Waals surface area contributed by atoms with Gasteiger partial charge in [-0.15, -0.1) is 0 Å². The van der Waals surface area contributed by atoms with Crippen molar-refractivity contribution >= 4 is 11.7 Å². The number of esters is 1. The molecule has 0 spiro atoms. The summed E-state index contributed by atoms with van der Waals surface area (Å²) >= 11 is 0. The number of ether oxygens (including phenoxy) is 1. The molecule has 2 unspecified atom stereocenters. The van der Waals surface area contributed by atoms with Crippen molar-refractivity contribution in [3.05, 3.63) is 77.9 Å². The van der Waals surface area contributed by atoms with Gasteiger partial charge in [0.2, 0.25) is 0 Å². The third-order valence-corrected chi connectivity index (χ3v) is 5.57. The van der Waals surface area contributed by atoms with Crippen LogP contribution in [0, 0.1) is 11.3 Å². The van der Waals surface area contributed by atoms with E-state index in [0.717, 1.165) is 37.1 Å². The molecule has 1 heterocycles. The molecule has 1 aromatic carbocycles. The van der Waals surface area contributed by atoms with Crippen molar-refractivity contribution < 1.29 is 9.53 Å². The van der Waals surface area contributed by atoms with E-state index >= 15 is 0 Å². The molecule has 0 radical (unpaired) electrons. The summed E-state index contributed by atoms with van der Waals surface area (Å²) < 4.78 is 5.37. The van der Waals surface area contributed by atoms with Gasteiger partial charge in [0, 0.05) is 18.2 Å². The van der Waals surface area contributed by atoms with E-state index in [1.807, 2.05) is 19.9 Å². The summed E-state index contributed by atoms with van der Waals surface area (Å²) in [6.07, 6.45) is 8.45. The molecule has 1 aliphatic heterocycles. The van der Waals surface area contributed by atoms with Gasteiger partial charge in [-0.05, 0) is 56.4 Å². The Morgan fingerprint density at radius 3 is 2.55 bits per heavy atom. The number of hydrogen-bond donors (Lipinski definition) is 1. The van der Waals surface area contributed by atoms with Crippen molar-refractivity contribution in [2.24, 2.45) is 11.3 Å². The van der Waals surface area contributed by atoms with E-state index in [4.69, 9.17) is 4.74 Å². The van der Waals surface area contributed by atoms with Gasteiger partial charge in [0.1, 0.15) is 0 Å². The third-order valence-electron chi connectivity index (χ3n) is 5.57. The van der Waals surface area contributed by atoms with Crippen LogP contribution in [0.2, 0.25) is 0 Å². The second-order valence-electron chi connectivity index (χ2n) is 8.00. The molecular weight excluding hydrogens is 358 g/mol. The maximum absolute atomic E-state index is 12.4. The van der Waals surface area contributed by atoms with E-state index in [9.17, 15) is 4.79 Å². The molecule has 1 saturated carbocycles. The largest absolute Gasteiger partial charge is 0.465 e. The fraction of sp³-hybridized carbons (Fsp3) is 0.423. The lowest BCUT2D eigenvalue weighted by molar-refractivity contribution is -0.146. The van der Waals surface area contributed by atoms with Crippen LogP contribution in [0.1, 0.15) is 46.1 Å². The molecule has 1 aliphatic carbocycles. The second-order valence-corrected chi connectivity index (χ2v) is 8.00. The van der Waals surface area contributed by atoms with Crippen LogP contribution in [0.25, 0.3) is 0 Å². The molecule has 3 rings (SSSR count). The van der Waals surface area contributed by atoms with Crippen LogP contribution < -0.4 is 5.32 Å². The number of carbonyl (C=O) groups is 1. The summed E-state index contributed by atoms with van der Waals surface area (Å²) in [5.41, 5.74) is 5.41. The van der Waals surface area contributed by atoms with Crippen LogP contribution >= 0.6 is 0 Å². The average molecular weight is 394 g/mol. The molecule has 2 fully saturated rings. The van der Waals surface area contributed by atoms with Crippen molar-refractivity contribution in [3.63, 3.8) is 0 Å². The van der Waals surface area contributed by atoms with Crippen molar-refractivity contribution in [1.82, 2.24) is 0 Å². The van der Waals surface area contributed by atoms with Gasteiger partial charge in [0.15, 0.2) is 0 Å². The molecule has 2 aliphatic rings. The molecule has 29 heavy (non-hydrogen) atoms. The van der Waals surface area contributed by atoms with E-state index in [0.29, 0.717) is 6.61 Å². The topological polar surface area (TPSA) is 38.3 Å². The third kappa shape index (κ3) is 5.50. The Morgan fingerprint density at radius 1 is 1.24 bits per heavy atom. The Kier molecular flexibility index (Phi) is 8.07. The monoisotopic (exact) mass is 393 g/mol. The van der Waals surface area contributed by atoms with E-state index < -0.39 is 5.41 Å².